The molecule has 0 aliphatic heterocycles. The van der Waals surface area contributed by atoms with Crippen molar-refractivity contribution in [3.8, 4) is 0 Å². The number of benzene rings is 1. The Labute approximate surface area is 130 Å². The van der Waals surface area contributed by atoms with Crippen molar-refractivity contribution < 1.29 is 5.11 Å². The van der Waals surface area contributed by atoms with Crippen molar-refractivity contribution in [1.82, 2.24) is 4.90 Å². The van der Waals surface area contributed by atoms with Crippen LogP contribution in [0.3, 0.4) is 0 Å². The van der Waals surface area contributed by atoms with E-state index in [1.165, 1.54) is 31.2 Å². The van der Waals surface area contributed by atoms with Crippen molar-refractivity contribution >= 4 is 15.9 Å². The van der Waals surface area contributed by atoms with Gasteiger partial charge in [-0.1, -0.05) is 47.0 Å². The fourth-order valence-corrected chi connectivity index (χ4v) is 3.69. The molecule has 0 spiro atoms. The lowest BCUT2D eigenvalue weighted by molar-refractivity contribution is 0.147. The van der Waals surface area contributed by atoms with E-state index in [0.29, 0.717) is 6.04 Å². The molecule has 4 heteroatoms. The lowest BCUT2D eigenvalue weighted by atomic mass is 10.0. The lowest BCUT2D eigenvalue weighted by Crippen LogP contribution is -2.37. The first-order valence-electron chi connectivity index (χ1n) is 7.57. The second kappa shape index (κ2) is 8.13. The fourth-order valence-electron chi connectivity index (χ4n) is 3.11. The zero-order valence-corrected chi connectivity index (χ0v) is 13.6. The van der Waals surface area contributed by atoms with Gasteiger partial charge in [0.25, 0.3) is 0 Å². The van der Waals surface area contributed by atoms with E-state index in [9.17, 15) is 5.11 Å². The van der Waals surface area contributed by atoms with Crippen molar-refractivity contribution in [3.05, 3.63) is 34.3 Å². The maximum Gasteiger partial charge on any atom is 0.0558 e. The van der Waals surface area contributed by atoms with Gasteiger partial charge in [0.15, 0.2) is 0 Å². The van der Waals surface area contributed by atoms with Gasteiger partial charge in [-0.2, -0.15) is 0 Å². The van der Waals surface area contributed by atoms with Crippen LogP contribution in [0.1, 0.15) is 43.7 Å². The number of aliphatic hydroxyl groups excluding tert-OH is 1. The number of rotatable bonds is 7. The third-order valence-electron chi connectivity index (χ3n) is 4.26. The summed E-state index contributed by atoms with van der Waals surface area (Å²) < 4.78 is 1.09. The number of nitrogens with zero attached hydrogens (tertiary/aromatic N) is 1. The van der Waals surface area contributed by atoms with Crippen LogP contribution >= 0.6 is 15.9 Å². The summed E-state index contributed by atoms with van der Waals surface area (Å²) >= 11 is 3.57. The minimum absolute atomic E-state index is 0.0492. The second-order valence-corrected chi connectivity index (χ2v) is 6.47. The van der Waals surface area contributed by atoms with Gasteiger partial charge >= 0.3 is 0 Å². The summed E-state index contributed by atoms with van der Waals surface area (Å²) in [6, 6.07) is 8.86. The Morgan fingerprint density at radius 2 is 1.95 bits per heavy atom. The molecule has 1 fully saturated rings. The molecule has 2 rings (SSSR count). The Bertz CT molecular complexity index is 407. The highest BCUT2D eigenvalue weighted by Crippen LogP contribution is 2.26. The number of hydrogen-bond donors (Lipinski definition) is 2. The van der Waals surface area contributed by atoms with Crippen LogP contribution in [0.25, 0.3) is 0 Å². The summed E-state index contributed by atoms with van der Waals surface area (Å²) in [5, 5.41) is 9.24. The number of halogens is 1. The van der Waals surface area contributed by atoms with E-state index >= 15 is 0 Å². The van der Waals surface area contributed by atoms with Crippen LogP contribution in [0.4, 0.5) is 0 Å². The molecular weight excluding hydrogens is 316 g/mol. The molecule has 20 heavy (non-hydrogen) atoms. The van der Waals surface area contributed by atoms with Crippen LogP contribution in [0.15, 0.2) is 28.7 Å². The molecule has 3 nitrogen and oxygen atoms in total. The van der Waals surface area contributed by atoms with Gasteiger partial charge in [-0.15, -0.1) is 0 Å². The first-order valence-corrected chi connectivity index (χ1v) is 8.36. The van der Waals surface area contributed by atoms with E-state index in [-0.39, 0.29) is 12.6 Å². The molecule has 0 saturated heterocycles. The molecular formula is C16H25BrN2O. The van der Waals surface area contributed by atoms with Crippen LogP contribution in [0.2, 0.25) is 0 Å². The van der Waals surface area contributed by atoms with Gasteiger partial charge < -0.3 is 10.8 Å². The zero-order chi connectivity index (χ0) is 14.4. The van der Waals surface area contributed by atoms with Crippen LogP contribution in [0.5, 0.6) is 0 Å². The predicted molar refractivity (Wildman–Crippen MR) is 86.6 cm³/mol. The molecule has 1 aliphatic rings. The molecule has 0 heterocycles. The highest BCUT2D eigenvalue weighted by atomic mass is 79.9. The van der Waals surface area contributed by atoms with Gasteiger partial charge in [0.05, 0.1) is 6.61 Å². The van der Waals surface area contributed by atoms with Crippen molar-refractivity contribution in [1.29, 1.82) is 0 Å². The standard InChI is InChI=1S/C16H25BrN2O/c17-15-8-4-3-7-14(15)16(18)9-10-19(11-12-20)13-5-1-2-6-13/h3-4,7-8,13,16,20H,1-2,5-6,9-12,18H2. The largest absolute Gasteiger partial charge is 0.395 e. The van der Waals surface area contributed by atoms with Gasteiger partial charge in [0.1, 0.15) is 0 Å². The third-order valence-corrected chi connectivity index (χ3v) is 4.98. The van der Waals surface area contributed by atoms with E-state index in [4.69, 9.17) is 5.73 Å². The number of aliphatic hydroxyl groups is 1. The molecule has 0 aromatic heterocycles. The van der Waals surface area contributed by atoms with Crippen molar-refractivity contribution in [2.24, 2.45) is 5.73 Å². The Balaban J connectivity index is 1.89. The minimum Gasteiger partial charge on any atom is -0.395 e. The van der Waals surface area contributed by atoms with Gasteiger partial charge in [-0.05, 0) is 30.9 Å². The van der Waals surface area contributed by atoms with E-state index in [0.717, 1.165) is 24.0 Å². The lowest BCUT2D eigenvalue weighted by Gasteiger charge is -2.29. The monoisotopic (exact) mass is 340 g/mol. The van der Waals surface area contributed by atoms with Crippen molar-refractivity contribution in [2.75, 3.05) is 19.7 Å². The van der Waals surface area contributed by atoms with Gasteiger partial charge in [-0.25, -0.2) is 0 Å². The number of nitrogens with two attached hydrogens (primary N) is 1. The fraction of sp³-hybridized carbons (Fsp3) is 0.625. The topological polar surface area (TPSA) is 49.5 Å². The molecule has 0 bridgehead atoms. The summed E-state index contributed by atoms with van der Waals surface area (Å²) in [4.78, 5) is 2.42. The maximum absolute atomic E-state index is 9.24. The Hall–Kier alpha value is -0.420. The molecule has 0 amide bonds. The van der Waals surface area contributed by atoms with Gasteiger partial charge in [0, 0.05) is 29.6 Å². The normalized spacial score (nSPS) is 17.8. The number of hydrogen-bond acceptors (Lipinski definition) is 3. The van der Waals surface area contributed by atoms with Gasteiger partial charge in [0.2, 0.25) is 0 Å². The van der Waals surface area contributed by atoms with Crippen LogP contribution in [-0.2, 0) is 0 Å². The first kappa shape index (κ1) is 16.0. The molecule has 1 aromatic carbocycles. The minimum atomic E-state index is 0.0492. The molecule has 1 saturated carbocycles. The maximum atomic E-state index is 9.24. The summed E-state index contributed by atoms with van der Waals surface area (Å²) in [5.41, 5.74) is 7.49. The Morgan fingerprint density at radius 3 is 2.60 bits per heavy atom. The van der Waals surface area contributed by atoms with Crippen LogP contribution < -0.4 is 5.73 Å². The summed E-state index contributed by atoms with van der Waals surface area (Å²) in [5.74, 6) is 0. The molecule has 3 N–H and O–H groups in total. The van der Waals surface area contributed by atoms with E-state index in [2.05, 4.69) is 26.9 Å². The molecule has 1 unspecified atom stereocenters. The second-order valence-electron chi connectivity index (χ2n) is 5.61. The summed E-state index contributed by atoms with van der Waals surface area (Å²) in [7, 11) is 0. The van der Waals surface area contributed by atoms with Crippen LogP contribution in [-0.4, -0.2) is 35.7 Å². The average Bonchev–Trinajstić information content (AvgIpc) is 2.97. The van der Waals surface area contributed by atoms with E-state index in [1.807, 2.05) is 18.2 Å². The highest BCUT2D eigenvalue weighted by molar-refractivity contribution is 9.10. The smallest absolute Gasteiger partial charge is 0.0558 e. The SMILES string of the molecule is NC(CCN(CCO)C1CCCC1)c1ccccc1Br. The zero-order valence-electron chi connectivity index (χ0n) is 12.0. The van der Waals surface area contributed by atoms with Crippen molar-refractivity contribution in [3.63, 3.8) is 0 Å². The molecule has 1 aromatic rings. The first-order chi connectivity index (χ1) is 9.72. The summed E-state index contributed by atoms with van der Waals surface area (Å²) in [6.07, 6.45) is 6.11. The molecule has 0 radical (unpaired) electrons. The average molecular weight is 341 g/mol. The third kappa shape index (κ3) is 4.29. The highest BCUT2D eigenvalue weighted by Gasteiger charge is 2.22. The Morgan fingerprint density at radius 1 is 1.25 bits per heavy atom. The van der Waals surface area contributed by atoms with Crippen molar-refractivity contribution in [2.45, 2.75) is 44.2 Å². The quantitative estimate of drug-likeness (QED) is 0.801. The van der Waals surface area contributed by atoms with E-state index in [1.54, 1.807) is 0 Å². The molecule has 1 aliphatic carbocycles. The summed E-state index contributed by atoms with van der Waals surface area (Å²) in [6.45, 7) is 1.97. The molecule has 112 valence electrons. The molecule has 1 atom stereocenters. The predicted octanol–water partition coefficient (Wildman–Crippen LogP) is 3.08. The Kier molecular flexibility index (Phi) is 6.49. The van der Waals surface area contributed by atoms with E-state index < -0.39 is 0 Å². The van der Waals surface area contributed by atoms with Crippen LogP contribution in [0, 0.1) is 0 Å². The van der Waals surface area contributed by atoms with Gasteiger partial charge in [-0.3, -0.25) is 4.90 Å².